The Kier molecular flexibility index (Phi) is 3.24. The molecule has 5 nitrogen and oxygen atoms in total. The number of nitrogens with two attached hydrogens (primary N) is 1. The highest BCUT2D eigenvalue weighted by atomic mass is 32.1. The third-order valence-electron chi connectivity index (χ3n) is 1.23. The van der Waals surface area contributed by atoms with Crippen LogP contribution in [0, 0.1) is 0 Å². The van der Waals surface area contributed by atoms with Gasteiger partial charge in [-0.3, -0.25) is 0 Å². The fraction of sp³-hybridized carbons (Fsp3) is 0.667. The molecule has 0 radical (unpaired) electrons. The van der Waals surface area contributed by atoms with E-state index in [2.05, 4.69) is 14.7 Å². The minimum Gasteiger partial charge on any atom is -0.383 e. The van der Waals surface area contributed by atoms with Crippen LogP contribution < -0.4 is 11.1 Å². The SMILES string of the molecule is COCC(C)Nc1nc(N)ns1. The second-order valence-corrected chi connectivity index (χ2v) is 3.21. The van der Waals surface area contributed by atoms with Crippen molar-refractivity contribution >= 4 is 22.6 Å². The van der Waals surface area contributed by atoms with Gasteiger partial charge < -0.3 is 15.8 Å². The number of nitrogens with one attached hydrogen (secondary N) is 1. The Bertz CT molecular complexity index is 239. The maximum absolute atomic E-state index is 5.35. The van der Waals surface area contributed by atoms with Gasteiger partial charge in [-0.1, -0.05) is 0 Å². The van der Waals surface area contributed by atoms with Gasteiger partial charge >= 0.3 is 0 Å². The fourth-order valence-electron chi connectivity index (χ4n) is 0.796. The number of rotatable bonds is 4. The van der Waals surface area contributed by atoms with E-state index in [4.69, 9.17) is 10.5 Å². The normalized spacial score (nSPS) is 12.8. The lowest BCUT2D eigenvalue weighted by molar-refractivity contribution is 0.190. The number of aromatic nitrogens is 2. The van der Waals surface area contributed by atoms with Gasteiger partial charge in [0.05, 0.1) is 6.61 Å². The van der Waals surface area contributed by atoms with Crippen molar-refractivity contribution in [3.05, 3.63) is 0 Å². The number of anilines is 2. The van der Waals surface area contributed by atoms with Crippen LogP contribution in [0.5, 0.6) is 0 Å². The van der Waals surface area contributed by atoms with Gasteiger partial charge in [-0.15, -0.1) is 0 Å². The molecule has 1 aromatic heterocycles. The van der Waals surface area contributed by atoms with Gasteiger partial charge in [-0.05, 0) is 6.92 Å². The second-order valence-electron chi connectivity index (χ2n) is 2.46. The number of nitrogen functional groups attached to an aromatic ring is 1. The summed E-state index contributed by atoms with van der Waals surface area (Å²) in [5.41, 5.74) is 5.35. The third kappa shape index (κ3) is 2.63. The molecule has 0 fully saturated rings. The molecule has 0 spiro atoms. The van der Waals surface area contributed by atoms with Gasteiger partial charge in [0.2, 0.25) is 11.1 Å². The topological polar surface area (TPSA) is 73.1 Å². The molecule has 1 atom stereocenters. The minimum absolute atomic E-state index is 0.224. The van der Waals surface area contributed by atoms with Gasteiger partial charge in [0.1, 0.15) is 0 Å². The summed E-state index contributed by atoms with van der Waals surface area (Å²) in [5.74, 6) is 0.312. The molecule has 0 aromatic carbocycles. The number of nitrogens with zero attached hydrogens (tertiary/aromatic N) is 2. The van der Waals surface area contributed by atoms with Crippen molar-refractivity contribution in [2.24, 2.45) is 0 Å². The molecular weight excluding hydrogens is 176 g/mol. The summed E-state index contributed by atoms with van der Waals surface area (Å²) in [4.78, 5) is 3.95. The standard InChI is InChI=1S/C6H12N4OS/c1-4(3-11-2)8-6-9-5(7)10-12-6/h4H,3H2,1-2H3,(H3,7,8,9,10). The summed E-state index contributed by atoms with van der Waals surface area (Å²) in [7, 11) is 1.66. The van der Waals surface area contributed by atoms with Crippen molar-refractivity contribution in [3.63, 3.8) is 0 Å². The van der Waals surface area contributed by atoms with Crippen LogP contribution in [0.4, 0.5) is 11.1 Å². The van der Waals surface area contributed by atoms with Crippen molar-refractivity contribution in [2.75, 3.05) is 24.8 Å². The van der Waals surface area contributed by atoms with Gasteiger partial charge in [0.15, 0.2) is 0 Å². The lowest BCUT2D eigenvalue weighted by Gasteiger charge is -2.09. The Labute approximate surface area is 75.1 Å². The maximum atomic E-state index is 5.35. The number of ether oxygens (including phenoxy) is 1. The van der Waals surface area contributed by atoms with E-state index in [-0.39, 0.29) is 6.04 Å². The molecule has 3 N–H and O–H groups in total. The van der Waals surface area contributed by atoms with Crippen LogP contribution in [-0.4, -0.2) is 29.1 Å². The summed E-state index contributed by atoms with van der Waals surface area (Å²) in [6, 6.07) is 0.224. The average Bonchev–Trinajstić information content (AvgIpc) is 2.36. The van der Waals surface area contributed by atoms with E-state index in [0.29, 0.717) is 12.6 Å². The van der Waals surface area contributed by atoms with Crippen molar-refractivity contribution in [2.45, 2.75) is 13.0 Å². The molecular formula is C6H12N4OS. The highest BCUT2D eigenvalue weighted by molar-refractivity contribution is 7.09. The van der Waals surface area contributed by atoms with E-state index < -0.39 is 0 Å². The van der Waals surface area contributed by atoms with Gasteiger partial charge in [0, 0.05) is 24.7 Å². The lowest BCUT2D eigenvalue weighted by atomic mass is 10.4. The first-order chi connectivity index (χ1) is 5.72. The van der Waals surface area contributed by atoms with Crippen molar-refractivity contribution in [1.82, 2.24) is 9.36 Å². The smallest absolute Gasteiger partial charge is 0.233 e. The van der Waals surface area contributed by atoms with E-state index in [1.165, 1.54) is 11.5 Å². The second kappa shape index (κ2) is 4.22. The van der Waals surface area contributed by atoms with Gasteiger partial charge in [-0.2, -0.15) is 9.36 Å². The van der Waals surface area contributed by atoms with E-state index >= 15 is 0 Å². The molecule has 68 valence electrons. The Morgan fingerprint density at radius 1 is 1.75 bits per heavy atom. The molecule has 6 heteroatoms. The summed E-state index contributed by atoms with van der Waals surface area (Å²) >= 11 is 1.25. The number of hydrogen-bond acceptors (Lipinski definition) is 6. The van der Waals surface area contributed by atoms with Crippen LogP contribution in [0.15, 0.2) is 0 Å². The quantitative estimate of drug-likeness (QED) is 0.722. The molecule has 12 heavy (non-hydrogen) atoms. The van der Waals surface area contributed by atoms with Gasteiger partial charge in [-0.25, -0.2) is 0 Å². The molecule has 0 aliphatic heterocycles. The van der Waals surface area contributed by atoms with E-state index in [1.54, 1.807) is 7.11 Å². The molecule has 0 bridgehead atoms. The zero-order valence-electron chi connectivity index (χ0n) is 7.07. The number of hydrogen-bond donors (Lipinski definition) is 2. The van der Waals surface area contributed by atoms with Crippen LogP contribution in [-0.2, 0) is 4.74 Å². The molecule has 1 unspecified atom stereocenters. The maximum Gasteiger partial charge on any atom is 0.233 e. The summed E-state index contributed by atoms with van der Waals surface area (Å²) in [5, 5.41) is 3.84. The van der Waals surface area contributed by atoms with Crippen LogP contribution >= 0.6 is 11.5 Å². The van der Waals surface area contributed by atoms with Crippen molar-refractivity contribution in [3.8, 4) is 0 Å². The highest BCUT2D eigenvalue weighted by Gasteiger charge is 2.04. The zero-order chi connectivity index (χ0) is 8.97. The summed E-state index contributed by atoms with van der Waals surface area (Å²) in [6.07, 6.45) is 0. The Morgan fingerprint density at radius 2 is 2.50 bits per heavy atom. The molecule has 1 heterocycles. The first kappa shape index (κ1) is 9.21. The first-order valence-electron chi connectivity index (χ1n) is 3.57. The minimum atomic E-state index is 0.224. The largest absolute Gasteiger partial charge is 0.383 e. The van der Waals surface area contributed by atoms with E-state index in [1.807, 2.05) is 6.92 Å². The van der Waals surface area contributed by atoms with Crippen molar-refractivity contribution < 1.29 is 4.74 Å². The van der Waals surface area contributed by atoms with E-state index in [0.717, 1.165) is 5.13 Å². The molecule has 0 saturated heterocycles. The number of methoxy groups -OCH3 is 1. The van der Waals surface area contributed by atoms with Gasteiger partial charge in [0.25, 0.3) is 0 Å². The summed E-state index contributed by atoms with van der Waals surface area (Å²) in [6.45, 7) is 2.64. The predicted octanol–water partition coefficient (Wildman–Crippen LogP) is 0.567. The molecule has 1 aromatic rings. The third-order valence-corrected chi connectivity index (χ3v) is 1.89. The average molecular weight is 188 g/mol. The van der Waals surface area contributed by atoms with Crippen LogP contribution in [0.25, 0.3) is 0 Å². The monoisotopic (exact) mass is 188 g/mol. The van der Waals surface area contributed by atoms with Crippen LogP contribution in [0.3, 0.4) is 0 Å². The molecule has 0 aliphatic carbocycles. The lowest BCUT2D eigenvalue weighted by Crippen LogP contribution is -2.20. The predicted molar refractivity (Wildman–Crippen MR) is 49.3 cm³/mol. The molecule has 0 saturated carbocycles. The Balaban J connectivity index is 2.41. The van der Waals surface area contributed by atoms with E-state index in [9.17, 15) is 0 Å². The molecule has 0 aliphatic rings. The molecule has 1 rings (SSSR count). The Hall–Kier alpha value is -0.880. The Morgan fingerprint density at radius 3 is 3.00 bits per heavy atom. The highest BCUT2D eigenvalue weighted by Crippen LogP contribution is 2.12. The first-order valence-corrected chi connectivity index (χ1v) is 4.34. The molecule has 0 amide bonds. The van der Waals surface area contributed by atoms with Crippen LogP contribution in [0.2, 0.25) is 0 Å². The van der Waals surface area contributed by atoms with Crippen LogP contribution in [0.1, 0.15) is 6.92 Å². The fourth-order valence-corrected chi connectivity index (χ4v) is 1.41. The summed E-state index contributed by atoms with van der Waals surface area (Å²) < 4.78 is 8.78. The van der Waals surface area contributed by atoms with Crippen molar-refractivity contribution in [1.29, 1.82) is 0 Å². The zero-order valence-corrected chi connectivity index (χ0v) is 7.89.